The van der Waals surface area contributed by atoms with Gasteiger partial charge in [-0.05, 0) is 35.9 Å². The number of carbonyl (C=O) groups excluding carboxylic acids is 2. The topological polar surface area (TPSA) is 111 Å². The first-order chi connectivity index (χ1) is 12.4. The van der Waals surface area contributed by atoms with Crippen LogP contribution in [0.1, 0.15) is 12.5 Å². The van der Waals surface area contributed by atoms with E-state index in [1.54, 1.807) is 30.3 Å². The summed E-state index contributed by atoms with van der Waals surface area (Å²) in [6, 6.07) is 12.4. The van der Waals surface area contributed by atoms with E-state index in [0.717, 1.165) is 0 Å². The highest BCUT2D eigenvalue weighted by Gasteiger charge is 2.13. The van der Waals surface area contributed by atoms with Gasteiger partial charge in [-0.2, -0.15) is 0 Å². The third-order valence-corrected chi connectivity index (χ3v) is 3.30. The highest BCUT2D eigenvalue weighted by Crippen LogP contribution is 2.18. The van der Waals surface area contributed by atoms with E-state index in [2.05, 4.69) is 10.6 Å². The maximum atomic E-state index is 12.5. The van der Waals surface area contributed by atoms with Crippen molar-refractivity contribution < 1.29 is 19.2 Å². The highest BCUT2D eigenvalue weighted by atomic mass is 16.6. The molecule has 0 aromatic heterocycles. The number of hydrogen-bond acceptors (Lipinski definition) is 5. The van der Waals surface area contributed by atoms with Gasteiger partial charge in [0.2, 0.25) is 5.91 Å². The molecule has 0 saturated carbocycles. The molecule has 0 aliphatic rings. The van der Waals surface area contributed by atoms with Crippen LogP contribution in [0.3, 0.4) is 0 Å². The monoisotopic (exact) mass is 355 g/mol. The fraction of sp³-hybridized carbons (Fsp3) is 0.111. The quantitative estimate of drug-likeness (QED) is 0.470. The van der Waals surface area contributed by atoms with Crippen LogP contribution in [0.4, 0.5) is 11.4 Å². The molecule has 2 rings (SSSR count). The molecule has 2 N–H and O–H groups in total. The molecule has 0 fully saturated rings. The van der Waals surface area contributed by atoms with Crippen LogP contribution in [-0.4, -0.2) is 23.8 Å². The molecule has 0 radical (unpaired) electrons. The third-order valence-electron chi connectivity index (χ3n) is 3.30. The second kappa shape index (κ2) is 8.43. The van der Waals surface area contributed by atoms with Gasteiger partial charge in [0.1, 0.15) is 11.4 Å². The summed E-state index contributed by atoms with van der Waals surface area (Å²) in [5.74, 6) is -0.361. The smallest absolute Gasteiger partial charge is 0.272 e. The first-order valence-corrected chi connectivity index (χ1v) is 7.58. The number of nitro groups is 1. The summed E-state index contributed by atoms with van der Waals surface area (Å²) in [4.78, 5) is 34.2. The molecular formula is C18H17N3O5. The van der Waals surface area contributed by atoms with Crippen molar-refractivity contribution in [2.75, 3.05) is 12.4 Å². The summed E-state index contributed by atoms with van der Waals surface area (Å²) in [7, 11) is 1.53. The van der Waals surface area contributed by atoms with Crippen molar-refractivity contribution in [3.05, 3.63) is 69.9 Å². The van der Waals surface area contributed by atoms with Gasteiger partial charge in [-0.25, -0.2) is 0 Å². The lowest BCUT2D eigenvalue weighted by Crippen LogP contribution is -2.28. The van der Waals surface area contributed by atoms with Crippen molar-refractivity contribution in [3.8, 4) is 5.75 Å². The van der Waals surface area contributed by atoms with Crippen LogP contribution in [0, 0.1) is 10.1 Å². The predicted octanol–water partition coefficient (Wildman–Crippen LogP) is 2.72. The van der Waals surface area contributed by atoms with Crippen LogP contribution in [0.5, 0.6) is 5.75 Å². The minimum absolute atomic E-state index is 0.0335. The molecule has 0 aliphatic carbocycles. The Balaban J connectivity index is 2.27. The van der Waals surface area contributed by atoms with Gasteiger partial charge < -0.3 is 15.4 Å². The van der Waals surface area contributed by atoms with Gasteiger partial charge in [0, 0.05) is 24.7 Å². The minimum Gasteiger partial charge on any atom is -0.497 e. The average molecular weight is 355 g/mol. The zero-order valence-corrected chi connectivity index (χ0v) is 14.2. The van der Waals surface area contributed by atoms with E-state index in [1.807, 2.05) is 0 Å². The largest absolute Gasteiger partial charge is 0.497 e. The van der Waals surface area contributed by atoms with Crippen molar-refractivity contribution in [2.45, 2.75) is 6.92 Å². The Kier molecular flexibility index (Phi) is 6.05. The van der Waals surface area contributed by atoms with Gasteiger partial charge in [-0.15, -0.1) is 0 Å². The maximum Gasteiger partial charge on any atom is 0.272 e. The van der Waals surface area contributed by atoms with Gasteiger partial charge in [0.15, 0.2) is 0 Å². The number of non-ortho nitro benzene ring substituents is 1. The Labute approximate surface area is 149 Å². The first-order valence-electron chi connectivity index (χ1n) is 7.58. The predicted molar refractivity (Wildman–Crippen MR) is 96.5 cm³/mol. The lowest BCUT2D eigenvalue weighted by molar-refractivity contribution is -0.384. The molecule has 0 saturated heterocycles. The van der Waals surface area contributed by atoms with E-state index in [1.165, 1.54) is 38.3 Å². The first kappa shape index (κ1) is 18.7. The van der Waals surface area contributed by atoms with Crippen LogP contribution >= 0.6 is 0 Å². The van der Waals surface area contributed by atoms with Gasteiger partial charge >= 0.3 is 0 Å². The number of nitrogens with one attached hydrogen (secondary N) is 2. The molecule has 0 aliphatic heterocycles. The van der Waals surface area contributed by atoms with E-state index < -0.39 is 16.7 Å². The second-order valence-electron chi connectivity index (χ2n) is 5.27. The van der Waals surface area contributed by atoms with Crippen molar-refractivity contribution in [1.82, 2.24) is 5.32 Å². The van der Waals surface area contributed by atoms with E-state index in [-0.39, 0.29) is 11.4 Å². The molecular weight excluding hydrogens is 338 g/mol. The van der Waals surface area contributed by atoms with Crippen LogP contribution in [-0.2, 0) is 9.59 Å². The van der Waals surface area contributed by atoms with Gasteiger partial charge in [0.05, 0.1) is 12.0 Å². The lowest BCUT2D eigenvalue weighted by Gasteiger charge is -2.10. The Morgan fingerprint density at radius 3 is 2.42 bits per heavy atom. The Hall–Kier alpha value is -3.68. The number of carbonyl (C=O) groups is 2. The Morgan fingerprint density at radius 1 is 1.15 bits per heavy atom. The van der Waals surface area contributed by atoms with Crippen molar-refractivity contribution in [2.24, 2.45) is 0 Å². The zero-order chi connectivity index (χ0) is 19.1. The standard InChI is InChI=1S/C18H17N3O5/c1-12(22)19-17(11-13-4-3-5-15(10-13)21(24)25)18(23)20-14-6-8-16(26-2)9-7-14/h3-11H,1-2H3,(H,19,22)(H,20,23). The molecule has 0 bridgehead atoms. The molecule has 134 valence electrons. The molecule has 0 atom stereocenters. The molecule has 26 heavy (non-hydrogen) atoms. The number of nitro benzene ring substituents is 1. The summed E-state index contributed by atoms with van der Waals surface area (Å²) in [5, 5.41) is 15.9. The maximum absolute atomic E-state index is 12.5. The second-order valence-corrected chi connectivity index (χ2v) is 5.27. The number of hydrogen-bond donors (Lipinski definition) is 2. The number of benzene rings is 2. The SMILES string of the molecule is COc1ccc(NC(=O)C(=Cc2cccc([N+](=O)[O-])c2)NC(C)=O)cc1. The summed E-state index contributed by atoms with van der Waals surface area (Å²) >= 11 is 0. The van der Waals surface area contributed by atoms with E-state index in [4.69, 9.17) is 4.74 Å². The molecule has 2 amide bonds. The molecule has 0 unspecified atom stereocenters. The summed E-state index contributed by atoms with van der Waals surface area (Å²) < 4.78 is 5.05. The number of rotatable bonds is 6. The number of amides is 2. The molecule has 0 heterocycles. The van der Waals surface area contributed by atoms with Crippen molar-refractivity contribution in [1.29, 1.82) is 0 Å². The number of nitrogens with zero attached hydrogens (tertiary/aromatic N) is 1. The van der Waals surface area contributed by atoms with Crippen LogP contribution in [0.25, 0.3) is 6.08 Å². The van der Waals surface area contributed by atoms with E-state index in [9.17, 15) is 19.7 Å². The summed E-state index contributed by atoms with van der Waals surface area (Å²) in [6.45, 7) is 1.27. The third kappa shape index (κ3) is 5.17. The Bertz CT molecular complexity index is 859. The molecule has 2 aromatic carbocycles. The highest BCUT2D eigenvalue weighted by molar-refractivity contribution is 6.08. The van der Waals surface area contributed by atoms with E-state index >= 15 is 0 Å². The summed E-state index contributed by atoms with van der Waals surface area (Å²) in [5.41, 5.74) is 0.768. The normalized spacial score (nSPS) is 10.8. The van der Waals surface area contributed by atoms with Crippen molar-refractivity contribution >= 4 is 29.3 Å². The minimum atomic E-state index is -0.558. The molecule has 8 heteroatoms. The summed E-state index contributed by atoms with van der Waals surface area (Å²) in [6.07, 6.45) is 1.37. The lowest BCUT2D eigenvalue weighted by atomic mass is 10.1. The van der Waals surface area contributed by atoms with E-state index in [0.29, 0.717) is 17.0 Å². The van der Waals surface area contributed by atoms with Crippen LogP contribution < -0.4 is 15.4 Å². The van der Waals surface area contributed by atoms with Gasteiger partial charge in [0.25, 0.3) is 11.6 Å². The Morgan fingerprint density at radius 2 is 1.85 bits per heavy atom. The fourth-order valence-electron chi connectivity index (χ4n) is 2.12. The van der Waals surface area contributed by atoms with Crippen LogP contribution in [0.15, 0.2) is 54.2 Å². The fourth-order valence-corrected chi connectivity index (χ4v) is 2.12. The number of methoxy groups -OCH3 is 1. The molecule has 8 nitrogen and oxygen atoms in total. The zero-order valence-electron chi connectivity index (χ0n) is 14.2. The number of ether oxygens (including phenoxy) is 1. The van der Waals surface area contributed by atoms with Crippen LogP contribution in [0.2, 0.25) is 0 Å². The van der Waals surface area contributed by atoms with Gasteiger partial charge in [-0.1, -0.05) is 12.1 Å². The van der Waals surface area contributed by atoms with Gasteiger partial charge in [-0.3, -0.25) is 19.7 Å². The number of anilines is 1. The molecule has 0 spiro atoms. The van der Waals surface area contributed by atoms with Crippen molar-refractivity contribution in [3.63, 3.8) is 0 Å². The molecule has 2 aromatic rings. The average Bonchev–Trinajstić information content (AvgIpc) is 2.61.